The highest BCUT2D eigenvalue weighted by Crippen LogP contribution is 2.21. The lowest BCUT2D eigenvalue weighted by atomic mass is 10.1. The smallest absolute Gasteiger partial charge is 0.257 e. The van der Waals surface area contributed by atoms with Gasteiger partial charge in [-0.1, -0.05) is 26.0 Å². The average molecular weight is 524 g/mol. The predicted molar refractivity (Wildman–Crippen MR) is 133 cm³/mol. The molecule has 192 valence electrons. The molecule has 1 aliphatic rings. The number of hydrogen-bond donors (Lipinski definition) is 2. The van der Waals surface area contributed by atoms with Crippen molar-refractivity contribution in [1.82, 2.24) is 14.3 Å². The van der Waals surface area contributed by atoms with E-state index in [0.29, 0.717) is 38.3 Å². The number of nitrogens with one attached hydrogen (secondary N) is 2. The Morgan fingerprint density at radius 1 is 0.943 bits per heavy atom. The van der Waals surface area contributed by atoms with Crippen LogP contribution in [0, 0.1) is 5.92 Å². The fourth-order valence-electron chi connectivity index (χ4n) is 3.53. The van der Waals surface area contributed by atoms with Crippen molar-refractivity contribution in [2.45, 2.75) is 42.9 Å². The lowest BCUT2D eigenvalue weighted by Gasteiger charge is -2.15. The van der Waals surface area contributed by atoms with Crippen LogP contribution in [0.1, 0.15) is 32.3 Å². The molecule has 1 fully saturated rings. The van der Waals surface area contributed by atoms with Gasteiger partial charge in [0.15, 0.2) is 6.61 Å². The van der Waals surface area contributed by atoms with Crippen LogP contribution < -0.4 is 14.8 Å². The summed E-state index contributed by atoms with van der Waals surface area (Å²) in [6.45, 7) is 5.49. The summed E-state index contributed by atoms with van der Waals surface area (Å²) in [5.41, 5.74) is 0.912. The molecule has 9 nitrogen and oxygen atoms in total. The van der Waals surface area contributed by atoms with Gasteiger partial charge in [0.1, 0.15) is 5.75 Å². The number of benzene rings is 2. The first-order valence-electron chi connectivity index (χ1n) is 11.7. The zero-order valence-electron chi connectivity index (χ0n) is 20.1. The fourth-order valence-corrected chi connectivity index (χ4v) is 6.26. The Hall–Kier alpha value is -2.47. The van der Waals surface area contributed by atoms with Gasteiger partial charge in [0, 0.05) is 26.2 Å². The largest absolute Gasteiger partial charge is 0.484 e. The third-order valence-corrected chi connectivity index (χ3v) is 8.90. The number of sulfonamides is 2. The monoisotopic (exact) mass is 523 g/mol. The van der Waals surface area contributed by atoms with Crippen molar-refractivity contribution in [3.8, 4) is 5.75 Å². The summed E-state index contributed by atoms with van der Waals surface area (Å²) in [5, 5.41) is 2.76. The highest BCUT2D eigenvalue weighted by molar-refractivity contribution is 7.89. The molecule has 0 bridgehead atoms. The summed E-state index contributed by atoms with van der Waals surface area (Å²) >= 11 is 0. The van der Waals surface area contributed by atoms with E-state index in [9.17, 15) is 21.6 Å². The van der Waals surface area contributed by atoms with E-state index in [1.807, 2.05) is 13.8 Å². The van der Waals surface area contributed by atoms with Crippen molar-refractivity contribution < 1.29 is 26.4 Å². The zero-order chi connectivity index (χ0) is 25.5. The molecule has 0 spiro atoms. The number of rotatable bonds is 12. The van der Waals surface area contributed by atoms with Gasteiger partial charge in [-0.2, -0.15) is 4.31 Å². The molecule has 1 heterocycles. The molecule has 3 rings (SSSR count). The molecule has 1 aliphatic heterocycles. The minimum absolute atomic E-state index is 0.134. The van der Waals surface area contributed by atoms with Crippen LogP contribution in [0.5, 0.6) is 5.75 Å². The normalized spacial score (nSPS) is 14.8. The first kappa shape index (κ1) is 27.1. The number of ether oxygens (including phenoxy) is 1. The third-order valence-electron chi connectivity index (χ3n) is 5.55. The number of carbonyl (C=O) groups is 1. The zero-order valence-corrected chi connectivity index (χ0v) is 21.7. The van der Waals surface area contributed by atoms with Crippen LogP contribution in [-0.4, -0.2) is 59.8 Å². The van der Waals surface area contributed by atoms with Crippen LogP contribution in [0.25, 0.3) is 0 Å². The number of nitrogens with zero attached hydrogens (tertiary/aromatic N) is 1. The maximum atomic E-state index is 12.6. The summed E-state index contributed by atoms with van der Waals surface area (Å²) in [6, 6.07) is 12.6. The van der Waals surface area contributed by atoms with E-state index in [1.165, 1.54) is 28.6 Å². The van der Waals surface area contributed by atoms with Crippen molar-refractivity contribution >= 4 is 26.0 Å². The van der Waals surface area contributed by atoms with Crippen LogP contribution in [0.2, 0.25) is 0 Å². The molecule has 2 aromatic carbocycles. The second-order valence-corrected chi connectivity index (χ2v) is 12.6. The molecule has 1 saturated heterocycles. The molecule has 1 amide bonds. The molecule has 0 saturated carbocycles. The molecule has 0 aromatic heterocycles. The second kappa shape index (κ2) is 12.0. The van der Waals surface area contributed by atoms with Gasteiger partial charge in [-0.25, -0.2) is 21.6 Å². The Labute approximate surface area is 208 Å². The van der Waals surface area contributed by atoms with Crippen molar-refractivity contribution in [3.63, 3.8) is 0 Å². The summed E-state index contributed by atoms with van der Waals surface area (Å²) in [4.78, 5) is 12.5. The van der Waals surface area contributed by atoms with Gasteiger partial charge in [0.25, 0.3) is 5.91 Å². The van der Waals surface area contributed by atoms with Crippen molar-refractivity contribution in [2.75, 3.05) is 32.8 Å². The lowest BCUT2D eigenvalue weighted by molar-refractivity contribution is -0.123. The molecule has 2 N–H and O–H groups in total. The van der Waals surface area contributed by atoms with Gasteiger partial charge < -0.3 is 10.1 Å². The molecule has 0 aliphatic carbocycles. The molecule has 2 aromatic rings. The Bertz CT molecular complexity index is 1190. The van der Waals surface area contributed by atoms with Gasteiger partial charge in [-0.15, -0.1) is 0 Å². The van der Waals surface area contributed by atoms with Gasteiger partial charge in [0.05, 0.1) is 9.79 Å². The Morgan fingerprint density at radius 2 is 1.54 bits per heavy atom. The minimum atomic E-state index is -3.58. The summed E-state index contributed by atoms with van der Waals surface area (Å²) < 4.78 is 59.1. The summed E-state index contributed by atoms with van der Waals surface area (Å²) in [7, 11) is -7.01. The van der Waals surface area contributed by atoms with Gasteiger partial charge >= 0.3 is 0 Å². The number of hydrogen-bond acceptors (Lipinski definition) is 6. The Balaban J connectivity index is 1.41. The first-order chi connectivity index (χ1) is 16.6. The summed E-state index contributed by atoms with van der Waals surface area (Å²) in [6.07, 6.45) is 2.33. The predicted octanol–water partition coefficient (Wildman–Crippen LogP) is 2.14. The van der Waals surface area contributed by atoms with Crippen LogP contribution in [0.3, 0.4) is 0 Å². The second-order valence-electron chi connectivity index (χ2n) is 8.86. The van der Waals surface area contributed by atoms with Crippen LogP contribution in [-0.2, 0) is 31.3 Å². The van der Waals surface area contributed by atoms with Crippen LogP contribution >= 0.6 is 0 Å². The molecule has 0 unspecified atom stereocenters. The van der Waals surface area contributed by atoms with E-state index < -0.39 is 20.0 Å². The SMILES string of the molecule is CC(C)CNS(=O)(=O)c1ccc(OCC(=O)NCCc2ccc(S(=O)(=O)N3CCCC3)cc2)cc1. The van der Waals surface area contributed by atoms with Gasteiger partial charge in [-0.05, 0) is 67.1 Å². The van der Waals surface area contributed by atoms with E-state index >= 15 is 0 Å². The Kier molecular flexibility index (Phi) is 9.28. The van der Waals surface area contributed by atoms with E-state index in [2.05, 4.69) is 10.0 Å². The molecule has 35 heavy (non-hydrogen) atoms. The molecular formula is C24H33N3O6S2. The van der Waals surface area contributed by atoms with Gasteiger partial charge in [0.2, 0.25) is 20.0 Å². The third kappa shape index (κ3) is 7.76. The minimum Gasteiger partial charge on any atom is -0.484 e. The van der Waals surface area contributed by atoms with E-state index in [-0.39, 0.29) is 28.2 Å². The van der Waals surface area contributed by atoms with Gasteiger partial charge in [-0.3, -0.25) is 4.79 Å². The number of carbonyl (C=O) groups excluding carboxylic acids is 1. The molecule has 0 radical (unpaired) electrons. The Morgan fingerprint density at radius 3 is 2.14 bits per heavy atom. The quantitative estimate of drug-likeness (QED) is 0.440. The topological polar surface area (TPSA) is 122 Å². The highest BCUT2D eigenvalue weighted by atomic mass is 32.2. The van der Waals surface area contributed by atoms with Crippen molar-refractivity contribution in [3.05, 3.63) is 54.1 Å². The maximum Gasteiger partial charge on any atom is 0.257 e. The van der Waals surface area contributed by atoms with E-state index in [1.54, 1.807) is 24.3 Å². The molecular weight excluding hydrogens is 490 g/mol. The van der Waals surface area contributed by atoms with Crippen LogP contribution in [0.4, 0.5) is 0 Å². The van der Waals surface area contributed by atoms with Crippen molar-refractivity contribution in [1.29, 1.82) is 0 Å². The van der Waals surface area contributed by atoms with E-state index in [0.717, 1.165) is 18.4 Å². The van der Waals surface area contributed by atoms with E-state index in [4.69, 9.17) is 4.74 Å². The summed E-state index contributed by atoms with van der Waals surface area (Å²) in [5.74, 6) is 0.271. The highest BCUT2D eigenvalue weighted by Gasteiger charge is 2.26. The standard InChI is InChI=1S/C24H33N3O6S2/c1-19(2)17-26-34(29,30)22-11-7-21(8-12-22)33-18-24(28)25-14-13-20-5-9-23(10-6-20)35(31,32)27-15-3-4-16-27/h5-12,19,26H,3-4,13-18H2,1-2H3,(H,25,28). The number of amides is 1. The molecule has 0 atom stereocenters. The lowest BCUT2D eigenvalue weighted by Crippen LogP contribution is -2.30. The fraction of sp³-hybridized carbons (Fsp3) is 0.458. The van der Waals surface area contributed by atoms with Crippen molar-refractivity contribution in [2.24, 2.45) is 5.92 Å². The van der Waals surface area contributed by atoms with Crippen LogP contribution in [0.15, 0.2) is 58.3 Å². The maximum absolute atomic E-state index is 12.6. The average Bonchev–Trinajstić information content (AvgIpc) is 3.38. The first-order valence-corrected chi connectivity index (χ1v) is 14.6. The molecule has 11 heteroatoms.